The van der Waals surface area contributed by atoms with Crippen LogP contribution in [0.4, 0.5) is 0 Å². The molecule has 134 valence electrons. The maximum absolute atomic E-state index is 6.05. The second-order valence-corrected chi connectivity index (χ2v) is 7.23. The highest BCUT2D eigenvalue weighted by Gasteiger charge is 2.33. The molecule has 0 spiro atoms. The number of nitrogens with zero attached hydrogens (tertiary/aromatic N) is 2. The monoisotopic (exact) mass is 333 g/mol. The lowest BCUT2D eigenvalue weighted by Crippen LogP contribution is -2.55. The summed E-state index contributed by atoms with van der Waals surface area (Å²) in [5.74, 6) is 2.54. The van der Waals surface area contributed by atoms with E-state index in [2.05, 4.69) is 35.3 Å². The zero-order valence-corrected chi connectivity index (χ0v) is 15.3. The zero-order valence-electron chi connectivity index (χ0n) is 15.3. The molecule has 3 aliphatic heterocycles. The molecule has 0 radical (unpaired) electrons. The normalized spacial score (nSPS) is 25.9. The van der Waals surface area contributed by atoms with Crippen LogP contribution in [0.5, 0.6) is 11.5 Å². The number of fused-ring (bicyclic) bond motifs is 3. The number of rotatable bonds is 8. The van der Waals surface area contributed by atoms with Crippen LogP contribution in [0.15, 0.2) is 18.2 Å². The van der Waals surface area contributed by atoms with Gasteiger partial charge in [-0.1, -0.05) is 12.1 Å². The van der Waals surface area contributed by atoms with Crippen molar-refractivity contribution in [2.24, 2.45) is 5.92 Å². The maximum Gasteiger partial charge on any atom is 0.165 e. The summed E-state index contributed by atoms with van der Waals surface area (Å²) < 4.78 is 11.6. The molecule has 4 rings (SSSR count). The number of methoxy groups -OCH3 is 1. The Labute approximate surface area is 145 Å². The van der Waals surface area contributed by atoms with Gasteiger partial charge in [0, 0.05) is 31.2 Å². The number of ether oxygens (including phenoxy) is 2. The van der Waals surface area contributed by atoms with Crippen LogP contribution in [0.3, 0.4) is 0 Å². The topological polar surface area (TPSA) is 37.0 Å². The van der Waals surface area contributed by atoms with Crippen molar-refractivity contribution in [1.29, 1.82) is 0 Å². The SMILES string of the molecule is COc1cccc(CNC2CN3CCC2CC3)c1OCCN(C)C. The van der Waals surface area contributed by atoms with Gasteiger partial charge in [-0.15, -0.1) is 0 Å². The fourth-order valence-electron chi connectivity index (χ4n) is 3.79. The van der Waals surface area contributed by atoms with E-state index in [9.17, 15) is 0 Å². The highest BCUT2D eigenvalue weighted by molar-refractivity contribution is 5.46. The van der Waals surface area contributed by atoms with Gasteiger partial charge in [0.2, 0.25) is 0 Å². The average Bonchev–Trinajstić information content (AvgIpc) is 2.61. The molecule has 3 heterocycles. The molecule has 24 heavy (non-hydrogen) atoms. The fourth-order valence-corrected chi connectivity index (χ4v) is 3.79. The van der Waals surface area contributed by atoms with Crippen LogP contribution < -0.4 is 14.8 Å². The van der Waals surface area contributed by atoms with Gasteiger partial charge in [0.25, 0.3) is 0 Å². The van der Waals surface area contributed by atoms with Crippen molar-refractivity contribution in [3.05, 3.63) is 23.8 Å². The second kappa shape index (κ2) is 8.19. The van der Waals surface area contributed by atoms with E-state index in [-0.39, 0.29) is 0 Å². The minimum absolute atomic E-state index is 0.605. The molecular weight excluding hydrogens is 302 g/mol. The van der Waals surface area contributed by atoms with E-state index < -0.39 is 0 Å². The Morgan fingerprint density at radius 1 is 1.25 bits per heavy atom. The molecular formula is C19H31N3O2. The lowest BCUT2D eigenvalue weighted by atomic mass is 9.84. The van der Waals surface area contributed by atoms with E-state index in [1.54, 1.807) is 7.11 Å². The summed E-state index contributed by atoms with van der Waals surface area (Å²) in [5, 5.41) is 3.77. The molecule has 3 saturated heterocycles. The first-order chi connectivity index (χ1) is 11.7. The van der Waals surface area contributed by atoms with Crippen LogP contribution in [0.25, 0.3) is 0 Å². The molecule has 0 aromatic heterocycles. The summed E-state index contributed by atoms with van der Waals surface area (Å²) in [6.07, 6.45) is 2.67. The van der Waals surface area contributed by atoms with E-state index in [0.29, 0.717) is 12.6 Å². The molecule has 1 N–H and O–H groups in total. The average molecular weight is 333 g/mol. The molecule has 1 atom stereocenters. The second-order valence-electron chi connectivity index (χ2n) is 7.23. The molecule has 5 heteroatoms. The van der Waals surface area contributed by atoms with Gasteiger partial charge in [0.1, 0.15) is 6.61 Å². The van der Waals surface area contributed by atoms with Crippen molar-refractivity contribution in [3.63, 3.8) is 0 Å². The smallest absolute Gasteiger partial charge is 0.165 e. The molecule has 1 unspecified atom stereocenters. The first-order valence-corrected chi connectivity index (χ1v) is 9.06. The van der Waals surface area contributed by atoms with Gasteiger partial charge in [-0.3, -0.25) is 0 Å². The van der Waals surface area contributed by atoms with Crippen LogP contribution in [0.1, 0.15) is 18.4 Å². The summed E-state index contributed by atoms with van der Waals surface area (Å²) in [6.45, 7) is 6.14. The molecule has 3 aliphatic rings. The molecule has 3 fully saturated rings. The summed E-state index contributed by atoms with van der Waals surface area (Å²) in [4.78, 5) is 4.71. The third-order valence-electron chi connectivity index (χ3n) is 5.28. The van der Waals surface area contributed by atoms with Gasteiger partial charge >= 0.3 is 0 Å². The van der Waals surface area contributed by atoms with Crippen LogP contribution in [-0.2, 0) is 6.54 Å². The molecule has 0 saturated carbocycles. The van der Waals surface area contributed by atoms with Crippen LogP contribution in [0.2, 0.25) is 0 Å². The summed E-state index contributed by atoms with van der Waals surface area (Å²) in [7, 11) is 5.82. The van der Waals surface area contributed by atoms with Crippen LogP contribution in [-0.4, -0.2) is 69.8 Å². The molecule has 1 aromatic carbocycles. The molecule has 5 nitrogen and oxygen atoms in total. The number of hydrogen-bond donors (Lipinski definition) is 1. The number of para-hydroxylation sites is 1. The largest absolute Gasteiger partial charge is 0.493 e. The zero-order chi connectivity index (χ0) is 16.9. The molecule has 2 bridgehead atoms. The lowest BCUT2D eigenvalue weighted by Gasteiger charge is -2.45. The Morgan fingerprint density at radius 2 is 2.04 bits per heavy atom. The predicted molar refractivity (Wildman–Crippen MR) is 96.8 cm³/mol. The van der Waals surface area contributed by atoms with Gasteiger partial charge in [0.05, 0.1) is 7.11 Å². The van der Waals surface area contributed by atoms with E-state index in [0.717, 1.165) is 30.5 Å². The van der Waals surface area contributed by atoms with E-state index in [1.807, 2.05) is 12.1 Å². The van der Waals surface area contributed by atoms with Crippen molar-refractivity contribution in [1.82, 2.24) is 15.1 Å². The number of hydrogen-bond acceptors (Lipinski definition) is 5. The standard InChI is InChI=1S/C19H31N3O2/c1-21(2)11-12-24-19-16(5-4-6-18(19)23-3)13-20-17-14-22-9-7-15(17)8-10-22/h4-6,15,17,20H,7-14H2,1-3H3. The molecule has 1 aromatic rings. The van der Waals surface area contributed by atoms with Gasteiger partial charge in [0.15, 0.2) is 11.5 Å². The minimum atomic E-state index is 0.605. The third-order valence-corrected chi connectivity index (χ3v) is 5.28. The van der Waals surface area contributed by atoms with Crippen molar-refractivity contribution in [2.45, 2.75) is 25.4 Å². The molecule has 0 aliphatic carbocycles. The first kappa shape index (κ1) is 17.5. The highest BCUT2D eigenvalue weighted by atomic mass is 16.5. The van der Waals surface area contributed by atoms with Gasteiger partial charge < -0.3 is 24.6 Å². The van der Waals surface area contributed by atoms with Crippen LogP contribution >= 0.6 is 0 Å². The summed E-state index contributed by atoms with van der Waals surface area (Å²) >= 11 is 0. The van der Waals surface area contributed by atoms with Crippen molar-refractivity contribution >= 4 is 0 Å². The van der Waals surface area contributed by atoms with Gasteiger partial charge in [-0.05, 0) is 52.0 Å². The number of benzene rings is 1. The van der Waals surface area contributed by atoms with Crippen molar-refractivity contribution in [3.8, 4) is 11.5 Å². The Hall–Kier alpha value is -1.30. The van der Waals surface area contributed by atoms with E-state index >= 15 is 0 Å². The van der Waals surface area contributed by atoms with Crippen molar-refractivity contribution < 1.29 is 9.47 Å². The Morgan fingerprint density at radius 3 is 2.67 bits per heavy atom. The van der Waals surface area contributed by atoms with Gasteiger partial charge in [-0.25, -0.2) is 0 Å². The molecule has 0 amide bonds. The Bertz CT molecular complexity index is 527. The number of nitrogens with one attached hydrogen (secondary N) is 1. The predicted octanol–water partition coefficient (Wildman–Crippen LogP) is 1.82. The summed E-state index contributed by atoms with van der Waals surface area (Å²) in [6, 6.07) is 6.77. The van der Waals surface area contributed by atoms with Crippen LogP contribution in [0, 0.1) is 5.92 Å². The van der Waals surface area contributed by atoms with Gasteiger partial charge in [-0.2, -0.15) is 0 Å². The summed E-state index contributed by atoms with van der Waals surface area (Å²) in [5.41, 5.74) is 1.18. The highest BCUT2D eigenvalue weighted by Crippen LogP contribution is 2.32. The number of likely N-dealkylation sites (N-methyl/N-ethyl adjacent to an activating group) is 1. The minimum Gasteiger partial charge on any atom is -0.493 e. The first-order valence-electron chi connectivity index (χ1n) is 9.06. The fraction of sp³-hybridized carbons (Fsp3) is 0.684. The van der Waals surface area contributed by atoms with E-state index in [1.165, 1.54) is 38.0 Å². The number of piperidine rings is 3. The van der Waals surface area contributed by atoms with Crippen molar-refractivity contribution in [2.75, 3.05) is 54.0 Å². The lowest BCUT2D eigenvalue weighted by molar-refractivity contribution is 0.0718. The maximum atomic E-state index is 6.05. The Kier molecular flexibility index (Phi) is 5.98. The Balaban J connectivity index is 1.63. The quantitative estimate of drug-likeness (QED) is 0.785. The third kappa shape index (κ3) is 4.21. The van der Waals surface area contributed by atoms with E-state index in [4.69, 9.17) is 9.47 Å².